The summed E-state index contributed by atoms with van der Waals surface area (Å²) in [6.45, 7) is 6.26. The summed E-state index contributed by atoms with van der Waals surface area (Å²) < 4.78 is 0. The molecule has 0 aliphatic carbocycles. The maximum Gasteiger partial charge on any atom is 0.338 e. The number of anilines is 1. The zero-order valence-electron chi connectivity index (χ0n) is 12.3. The summed E-state index contributed by atoms with van der Waals surface area (Å²) in [6.07, 6.45) is 3.53. The van der Waals surface area contributed by atoms with Crippen LogP contribution in [-0.4, -0.2) is 29.9 Å². The van der Waals surface area contributed by atoms with Crippen molar-refractivity contribution in [2.75, 3.05) is 23.7 Å². The molecular weight excluding hydrogens is 270 g/mol. The third-order valence-corrected chi connectivity index (χ3v) is 4.82. The van der Waals surface area contributed by atoms with Gasteiger partial charge >= 0.3 is 5.97 Å². The number of benzene rings is 1. The molecule has 3 nitrogen and oxygen atoms in total. The fourth-order valence-electron chi connectivity index (χ4n) is 2.78. The van der Waals surface area contributed by atoms with E-state index in [-0.39, 0.29) is 0 Å². The predicted molar refractivity (Wildman–Crippen MR) is 85.0 cm³/mol. The zero-order chi connectivity index (χ0) is 14.5. The summed E-state index contributed by atoms with van der Waals surface area (Å²) in [5.41, 5.74) is 1.37. The van der Waals surface area contributed by atoms with Gasteiger partial charge in [-0.05, 0) is 43.1 Å². The smallest absolute Gasteiger partial charge is 0.338 e. The lowest BCUT2D eigenvalue weighted by molar-refractivity contribution is 0.0694. The van der Waals surface area contributed by atoms with Crippen molar-refractivity contribution in [1.29, 1.82) is 0 Å². The second-order valence-electron chi connectivity index (χ2n) is 5.41. The fourth-order valence-corrected chi connectivity index (χ4v) is 3.60. The first-order valence-electron chi connectivity index (χ1n) is 7.37. The molecule has 0 bridgehead atoms. The number of carbonyl (C=O) groups is 1. The van der Waals surface area contributed by atoms with E-state index in [4.69, 9.17) is 0 Å². The van der Waals surface area contributed by atoms with Crippen molar-refractivity contribution in [1.82, 2.24) is 0 Å². The van der Waals surface area contributed by atoms with Crippen LogP contribution in [-0.2, 0) is 0 Å². The van der Waals surface area contributed by atoms with Gasteiger partial charge in [0.2, 0.25) is 0 Å². The predicted octanol–water partition coefficient (Wildman–Crippen LogP) is 4.12. The zero-order valence-corrected chi connectivity index (χ0v) is 13.1. The van der Waals surface area contributed by atoms with Crippen LogP contribution in [0.15, 0.2) is 23.1 Å². The van der Waals surface area contributed by atoms with Crippen LogP contribution in [0.3, 0.4) is 0 Å². The van der Waals surface area contributed by atoms with Crippen LogP contribution in [0, 0.1) is 5.92 Å². The van der Waals surface area contributed by atoms with E-state index in [1.165, 1.54) is 6.42 Å². The molecule has 20 heavy (non-hydrogen) atoms. The monoisotopic (exact) mass is 293 g/mol. The third kappa shape index (κ3) is 3.48. The normalized spacial score (nSPS) is 19.7. The van der Waals surface area contributed by atoms with E-state index in [1.807, 2.05) is 18.2 Å². The molecule has 110 valence electrons. The maximum absolute atomic E-state index is 11.7. The van der Waals surface area contributed by atoms with E-state index in [0.29, 0.717) is 5.56 Å². The molecule has 1 heterocycles. The summed E-state index contributed by atoms with van der Waals surface area (Å²) >= 11 is 1.61. The first-order chi connectivity index (χ1) is 9.63. The minimum atomic E-state index is -0.811. The Morgan fingerprint density at radius 1 is 1.40 bits per heavy atom. The molecule has 0 radical (unpaired) electrons. The Labute approximate surface area is 125 Å². The Morgan fingerprint density at radius 3 is 2.90 bits per heavy atom. The van der Waals surface area contributed by atoms with Gasteiger partial charge in [0.1, 0.15) is 0 Å². The highest BCUT2D eigenvalue weighted by Gasteiger charge is 2.21. The van der Waals surface area contributed by atoms with Gasteiger partial charge in [0.15, 0.2) is 0 Å². The second-order valence-corrected chi connectivity index (χ2v) is 6.72. The lowest BCUT2D eigenvalue weighted by Gasteiger charge is -2.25. The molecule has 1 aliphatic rings. The number of aromatic carboxylic acids is 1. The highest BCUT2D eigenvalue weighted by molar-refractivity contribution is 7.99. The summed E-state index contributed by atoms with van der Waals surface area (Å²) in [5.74, 6) is 0.816. The minimum absolute atomic E-state index is 0.480. The van der Waals surface area contributed by atoms with Crippen LogP contribution in [0.4, 0.5) is 5.69 Å². The third-order valence-electron chi connectivity index (χ3n) is 3.88. The first-order valence-corrected chi connectivity index (χ1v) is 8.36. The molecule has 0 spiro atoms. The van der Waals surface area contributed by atoms with E-state index < -0.39 is 5.97 Å². The number of carboxylic acid groups (broad SMARTS) is 1. The standard InChI is InChI=1S/C16H23NO2S/c1-3-20-14-8-4-7-13(15(14)16(18)19)17-10-5-6-12(2)9-11-17/h4,7-8,12H,3,5-6,9-11H2,1-2H3,(H,18,19). The summed E-state index contributed by atoms with van der Waals surface area (Å²) in [5, 5.41) is 9.59. The molecule has 0 saturated carbocycles. The van der Waals surface area contributed by atoms with Gasteiger partial charge < -0.3 is 10.0 Å². The van der Waals surface area contributed by atoms with E-state index in [9.17, 15) is 9.90 Å². The molecule has 1 N–H and O–H groups in total. The molecule has 2 rings (SSSR count). The van der Waals surface area contributed by atoms with E-state index in [0.717, 1.165) is 48.2 Å². The topological polar surface area (TPSA) is 40.5 Å². The summed E-state index contributed by atoms with van der Waals surface area (Å²) in [6, 6.07) is 5.86. The highest BCUT2D eigenvalue weighted by atomic mass is 32.2. The van der Waals surface area contributed by atoms with Gasteiger partial charge in [0.25, 0.3) is 0 Å². The van der Waals surface area contributed by atoms with Crippen LogP contribution in [0.2, 0.25) is 0 Å². The second kappa shape index (κ2) is 7.02. The molecule has 1 aromatic carbocycles. The van der Waals surface area contributed by atoms with Gasteiger partial charge in [-0.3, -0.25) is 0 Å². The van der Waals surface area contributed by atoms with Crippen LogP contribution < -0.4 is 4.90 Å². The van der Waals surface area contributed by atoms with Crippen molar-refractivity contribution in [3.8, 4) is 0 Å². The molecule has 1 fully saturated rings. The van der Waals surface area contributed by atoms with Gasteiger partial charge in [-0.25, -0.2) is 4.79 Å². The number of hydrogen-bond acceptors (Lipinski definition) is 3. The van der Waals surface area contributed by atoms with Gasteiger partial charge in [-0.1, -0.05) is 19.9 Å². The lowest BCUT2D eigenvalue weighted by Crippen LogP contribution is -2.26. The van der Waals surface area contributed by atoms with Crippen LogP contribution in [0.25, 0.3) is 0 Å². The van der Waals surface area contributed by atoms with Gasteiger partial charge in [0, 0.05) is 18.0 Å². The average Bonchev–Trinajstić information content (AvgIpc) is 2.63. The van der Waals surface area contributed by atoms with Crippen LogP contribution in [0.1, 0.15) is 43.5 Å². The Hall–Kier alpha value is -1.16. The van der Waals surface area contributed by atoms with E-state index in [2.05, 4.69) is 18.7 Å². The van der Waals surface area contributed by atoms with Gasteiger partial charge in [-0.15, -0.1) is 11.8 Å². The summed E-state index contributed by atoms with van der Waals surface area (Å²) in [7, 11) is 0. The van der Waals surface area contributed by atoms with Crippen molar-refractivity contribution in [2.24, 2.45) is 5.92 Å². The van der Waals surface area contributed by atoms with Crippen molar-refractivity contribution < 1.29 is 9.90 Å². The summed E-state index contributed by atoms with van der Waals surface area (Å²) in [4.78, 5) is 14.8. The quantitative estimate of drug-likeness (QED) is 0.848. The fraction of sp³-hybridized carbons (Fsp3) is 0.562. The molecule has 0 amide bonds. The largest absolute Gasteiger partial charge is 0.478 e. The average molecular weight is 293 g/mol. The van der Waals surface area contributed by atoms with Crippen molar-refractivity contribution in [3.63, 3.8) is 0 Å². The van der Waals surface area contributed by atoms with Gasteiger partial charge in [-0.2, -0.15) is 0 Å². The Morgan fingerprint density at radius 2 is 2.20 bits per heavy atom. The molecule has 1 atom stereocenters. The Kier molecular flexibility index (Phi) is 5.35. The molecule has 4 heteroatoms. The van der Waals surface area contributed by atoms with Crippen LogP contribution >= 0.6 is 11.8 Å². The highest BCUT2D eigenvalue weighted by Crippen LogP contribution is 2.32. The molecule has 1 unspecified atom stereocenters. The van der Waals surface area contributed by atoms with Crippen molar-refractivity contribution >= 4 is 23.4 Å². The van der Waals surface area contributed by atoms with E-state index >= 15 is 0 Å². The Balaban J connectivity index is 2.34. The molecule has 1 saturated heterocycles. The molecular formula is C16H23NO2S. The Bertz CT molecular complexity index is 476. The van der Waals surface area contributed by atoms with Crippen molar-refractivity contribution in [3.05, 3.63) is 23.8 Å². The molecule has 1 aromatic rings. The van der Waals surface area contributed by atoms with Crippen molar-refractivity contribution in [2.45, 2.75) is 38.0 Å². The maximum atomic E-state index is 11.7. The molecule has 1 aliphatic heterocycles. The number of hydrogen-bond donors (Lipinski definition) is 1. The minimum Gasteiger partial charge on any atom is -0.478 e. The molecule has 0 aromatic heterocycles. The number of carboxylic acids is 1. The SMILES string of the molecule is CCSc1cccc(N2CCCC(C)CC2)c1C(=O)O. The van der Waals surface area contributed by atoms with Gasteiger partial charge in [0.05, 0.1) is 11.3 Å². The first kappa shape index (κ1) is 15.2. The number of rotatable bonds is 4. The number of thioether (sulfide) groups is 1. The van der Waals surface area contributed by atoms with Crippen LogP contribution in [0.5, 0.6) is 0 Å². The lowest BCUT2D eigenvalue weighted by atomic mass is 10.0. The van der Waals surface area contributed by atoms with E-state index in [1.54, 1.807) is 11.8 Å². The number of nitrogens with zero attached hydrogens (tertiary/aromatic N) is 1.